The van der Waals surface area contributed by atoms with Crippen LogP contribution in [-0.4, -0.2) is 125 Å². The number of anilines is 3. The van der Waals surface area contributed by atoms with Gasteiger partial charge in [-0.2, -0.15) is 15.0 Å². The summed E-state index contributed by atoms with van der Waals surface area (Å²) in [6, 6.07) is 33.3. The molecule has 0 radical (unpaired) electrons. The number of aromatic nitrogens is 12. The van der Waals surface area contributed by atoms with Gasteiger partial charge in [0.2, 0.25) is 35.1 Å². The molecule has 1 aliphatic heterocycles. The van der Waals surface area contributed by atoms with Crippen molar-refractivity contribution in [1.82, 2.24) is 58.6 Å². The summed E-state index contributed by atoms with van der Waals surface area (Å²) in [6.07, 6.45) is 16.2. The molecule has 27 nitrogen and oxygen atoms in total. The van der Waals surface area contributed by atoms with Crippen LogP contribution in [0.5, 0.6) is 0 Å². The molecule has 0 atom stereocenters. The van der Waals surface area contributed by atoms with Gasteiger partial charge >= 0.3 is 11.9 Å². The fourth-order valence-electron chi connectivity index (χ4n) is 10.1. The fourth-order valence-corrected chi connectivity index (χ4v) is 10.1. The standard InChI is InChI=1S/C23H23N5O4.C22H21N5O3.C21H19N5O4.C4H8O.3CH4/c1-14(2)31-21(29)10-9-20-26-22(27-32-20)16-8-7-15(3)17(12-16)25-23(30)18-13-24-19-6-4-5-11-28(18)19;1-14-5-6-15(20-25-19(30-26-20)7-8-22(29)9-10-22)12-16(14)24-21(28)17-13-23-18-4-2-3-11-27(17)18;1-13-6-7-14(20-24-18(30-25-20)8-9-19(27)29-2)11-15(13)23-21(28)16-12-22-17-5-3-4-10-26(16)17;1-2-4-5-3-1;;;/h4-8,11-14H,9-10H2,1-3H3,(H,25,30);2-6,11-13,29H,7-10H2,1H3,(H,24,28);3-7,10-12H,8-9H2,1-2H3,(H,23,28);1-4H2;3*1H4. The summed E-state index contributed by atoms with van der Waals surface area (Å²) in [6.45, 7) is 11.3. The van der Waals surface area contributed by atoms with Gasteiger partial charge in [-0.05, 0) is 138 Å². The molecule has 14 rings (SSSR count). The molecule has 12 aromatic rings. The summed E-state index contributed by atoms with van der Waals surface area (Å²) in [5.74, 6) is 0.936. The van der Waals surface area contributed by atoms with Gasteiger partial charge in [0, 0.05) is 84.8 Å². The maximum atomic E-state index is 12.9. The number of hydrogen-bond donors (Lipinski definition) is 4. The molecule has 2 fully saturated rings. The molecule has 0 spiro atoms. The third-order valence-electron chi connectivity index (χ3n) is 15.7. The van der Waals surface area contributed by atoms with Gasteiger partial charge in [-0.1, -0.05) is 92.3 Å². The number of nitrogens with zero attached hydrogens (tertiary/aromatic N) is 12. The number of pyridine rings is 3. The van der Waals surface area contributed by atoms with Crippen LogP contribution < -0.4 is 16.0 Å². The average Bonchev–Trinajstić information content (AvgIpc) is 1.61. The van der Waals surface area contributed by atoms with E-state index in [2.05, 4.69) is 66.1 Å². The van der Waals surface area contributed by atoms with Gasteiger partial charge in [0.1, 0.15) is 34.0 Å². The molecule has 10 heterocycles. The minimum Gasteiger partial charge on any atom is -0.469 e. The summed E-state index contributed by atoms with van der Waals surface area (Å²) in [5, 5.41) is 30.8. The first-order chi connectivity index (χ1) is 47.0. The molecule has 1 saturated carbocycles. The molecule has 9 aromatic heterocycles. The molecule has 522 valence electrons. The highest BCUT2D eigenvalue weighted by Gasteiger charge is 2.40. The highest BCUT2D eigenvalue weighted by Crippen LogP contribution is 2.39. The Labute approximate surface area is 577 Å². The highest BCUT2D eigenvalue weighted by atomic mass is 16.5. The minimum absolute atomic E-state index is 0. The highest BCUT2D eigenvalue weighted by molar-refractivity contribution is 6.05. The number of esters is 2. The Balaban J connectivity index is 0.000000181. The van der Waals surface area contributed by atoms with Crippen molar-refractivity contribution in [3.05, 3.63) is 198 Å². The zero-order valence-electron chi connectivity index (χ0n) is 54.2. The number of imidazole rings is 3. The number of aryl methyl sites for hydroxylation is 6. The lowest BCUT2D eigenvalue weighted by Crippen LogP contribution is -2.15. The van der Waals surface area contributed by atoms with Crippen LogP contribution in [0.3, 0.4) is 0 Å². The second kappa shape index (κ2) is 34.1. The molecule has 3 amide bonds. The van der Waals surface area contributed by atoms with Crippen LogP contribution in [0.2, 0.25) is 0 Å². The average molecular weight is 1360 g/mol. The normalized spacial score (nSPS) is 12.4. The van der Waals surface area contributed by atoms with Crippen molar-refractivity contribution in [2.24, 2.45) is 0 Å². The van der Waals surface area contributed by atoms with Crippen molar-refractivity contribution in [2.75, 3.05) is 36.3 Å². The van der Waals surface area contributed by atoms with Crippen molar-refractivity contribution in [1.29, 1.82) is 0 Å². The third-order valence-corrected chi connectivity index (χ3v) is 15.7. The van der Waals surface area contributed by atoms with Gasteiger partial charge in [-0.15, -0.1) is 0 Å². The number of nitrogens with one attached hydrogen (secondary N) is 3. The number of ether oxygens (including phenoxy) is 3. The molecule has 1 saturated heterocycles. The number of benzene rings is 3. The molecular weight excluding hydrogens is 1280 g/mol. The van der Waals surface area contributed by atoms with E-state index < -0.39 is 5.60 Å². The number of carbonyl (C=O) groups excluding carboxylic acids is 5. The summed E-state index contributed by atoms with van der Waals surface area (Å²) >= 11 is 0. The topological polar surface area (TPSA) is 338 Å². The van der Waals surface area contributed by atoms with Gasteiger partial charge in [-0.3, -0.25) is 37.2 Å². The molecule has 4 N–H and O–H groups in total. The summed E-state index contributed by atoms with van der Waals surface area (Å²) in [5.41, 5.74) is 9.59. The van der Waals surface area contributed by atoms with Gasteiger partial charge in [-0.25, -0.2) is 15.0 Å². The fraction of sp³-hybridized carbons (Fsp3) is 0.315. The number of methoxy groups -OCH3 is 1. The van der Waals surface area contributed by atoms with Gasteiger partial charge in [0.25, 0.3) is 17.7 Å². The Bertz CT molecular complexity index is 4760. The van der Waals surface area contributed by atoms with E-state index in [1.165, 1.54) is 26.1 Å². The van der Waals surface area contributed by atoms with Crippen LogP contribution in [0.1, 0.15) is 147 Å². The molecule has 0 bridgehead atoms. The molecular formula is C73H83N15O12. The number of aliphatic hydroxyl groups is 1. The number of fused-ring (bicyclic) bond motifs is 3. The summed E-state index contributed by atoms with van der Waals surface area (Å²) < 4.78 is 35.7. The number of carbonyl (C=O) groups is 5. The quantitative estimate of drug-likeness (QED) is 0.0546. The molecule has 0 unspecified atom stereocenters. The van der Waals surface area contributed by atoms with E-state index in [-0.39, 0.29) is 70.9 Å². The van der Waals surface area contributed by atoms with Crippen LogP contribution in [0.4, 0.5) is 17.1 Å². The number of hydrogen-bond acceptors (Lipinski definition) is 21. The van der Waals surface area contributed by atoms with E-state index >= 15 is 0 Å². The Hall–Kier alpha value is -11.6. The van der Waals surface area contributed by atoms with Gasteiger partial charge in [0.05, 0.1) is 50.2 Å². The first-order valence-electron chi connectivity index (χ1n) is 31.5. The van der Waals surface area contributed by atoms with Gasteiger partial charge in [0.15, 0.2) is 0 Å². The van der Waals surface area contributed by atoms with Crippen molar-refractivity contribution < 1.29 is 56.9 Å². The van der Waals surface area contributed by atoms with Crippen LogP contribution in [0, 0.1) is 20.8 Å². The summed E-state index contributed by atoms with van der Waals surface area (Å²) in [7, 11) is 1.33. The zero-order valence-corrected chi connectivity index (χ0v) is 54.2. The minimum atomic E-state index is -0.548. The van der Waals surface area contributed by atoms with E-state index in [1.54, 1.807) is 70.2 Å². The van der Waals surface area contributed by atoms with Gasteiger partial charge < -0.3 is 48.8 Å². The van der Waals surface area contributed by atoms with E-state index in [4.69, 9.17) is 23.0 Å². The van der Waals surface area contributed by atoms with Crippen molar-refractivity contribution in [3.63, 3.8) is 0 Å². The number of rotatable bonds is 19. The Morgan fingerprint density at radius 2 is 0.880 bits per heavy atom. The third kappa shape index (κ3) is 18.9. The predicted octanol–water partition coefficient (Wildman–Crippen LogP) is 13.0. The Morgan fingerprint density at radius 3 is 1.21 bits per heavy atom. The lowest BCUT2D eigenvalue weighted by Gasteiger charge is -2.09. The molecule has 3 aromatic carbocycles. The van der Waals surface area contributed by atoms with E-state index in [0.717, 1.165) is 48.3 Å². The first kappa shape index (κ1) is 74.2. The van der Waals surface area contributed by atoms with Crippen LogP contribution >= 0.6 is 0 Å². The lowest BCUT2D eigenvalue weighted by molar-refractivity contribution is -0.147. The second-order valence-electron chi connectivity index (χ2n) is 23.4. The van der Waals surface area contributed by atoms with Crippen LogP contribution in [0.25, 0.3) is 51.1 Å². The Kier molecular flexibility index (Phi) is 25.3. The molecule has 27 heteroatoms. The zero-order chi connectivity index (χ0) is 68.0. The largest absolute Gasteiger partial charge is 0.469 e. The molecule has 100 heavy (non-hydrogen) atoms. The maximum absolute atomic E-state index is 12.9. The van der Waals surface area contributed by atoms with E-state index in [1.807, 2.05) is 118 Å². The smallest absolute Gasteiger partial charge is 0.306 e. The maximum Gasteiger partial charge on any atom is 0.306 e. The first-order valence-corrected chi connectivity index (χ1v) is 31.5. The molecule has 2 aliphatic rings. The SMILES string of the molecule is C.C.C.C1CCOC1.COC(=O)CCc1nc(-c2ccc(C)c(NC(=O)c3cnc4ccccn34)c2)no1.Cc1ccc(-c2noc(CCC(=O)OC(C)C)n2)cc1NC(=O)c1cnc2ccccn12.Cc1ccc(-c2noc(CCC3(O)CC3)n2)cc1NC(=O)c1cnc2ccccn12. The predicted molar refractivity (Wildman–Crippen MR) is 375 cm³/mol. The summed E-state index contributed by atoms with van der Waals surface area (Å²) in [4.78, 5) is 87.3. The van der Waals surface area contributed by atoms with Crippen LogP contribution in [-0.2, 0) is 43.1 Å². The van der Waals surface area contributed by atoms with Crippen molar-refractivity contribution >= 4 is 63.7 Å². The van der Waals surface area contributed by atoms with Crippen molar-refractivity contribution in [2.45, 2.75) is 133 Å². The molecule has 1 aliphatic carbocycles. The van der Waals surface area contributed by atoms with Crippen molar-refractivity contribution in [3.8, 4) is 34.2 Å². The number of amides is 3. The van der Waals surface area contributed by atoms with Crippen LogP contribution in [0.15, 0.2) is 160 Å². The van der Waals surface area contributed by atoms with E-state index in [9.17, 15) is 29.1 Å². The monoisotopic (exact) mass is 1360 g/mol. The Morgan fingerprint density at radius 1 is 0.520 bits per heavy atom. The lowest BCUT2D eigenvalue weighted by atomic mass is 10.1. The second-order valence-corrected chi connectivity index (χ2v) is 23.4. The van der Waals surface area contributed by atoms with E-state index in [0.29, 0.717) is 123 Å².